The Morgan fingerprint density at radius 2 is 1.90 bits per heavy atom. The lowest BCUT2D eigenvalue weighted by Crippen LogP contribution is -2.38. The van der Waals surface area contributed by atoms with Crippen molar-refractivity contribution < 1.29 is 13.2 Å². The van der Waals surface area contributed by atoms with Gasteiger partial charge in [0.15, 0.2) is 0 Å². The quantitative estimate of drug-likeness (QED) is 0.806. The standard InChI is InChI=1S/C14H18ClNO3S/c1-2-11-7-9-16(10-8-11)14(17)12-5-3-4-6-13(12)20(15,18)19/h3-6,11H,2,7-10H2,1H3. The fraction of sp³-hybridized carbons (Fsp3) is 0.500. The Balaban J connectivity index is 2.23. The Morgan fingerprint density at radius 3 is 2.45 bits per heavy atom. The third-order valence-corrected chi connectivity index (χ3v) is 5.24. The molecule has 0 spiro atoms. The van der Waals surface area contributed by atoms with E-state index in [1.165, 1.54) is 12.1 Å². The lowest BCUT2D eigenvalue weighted by Gasteiger charge is -2.31. The number of carbonyl (C=O) groups excluding carboxylic acids is 1. The molecule has 0 aromatic heterocycles. The molecule has 2 rings (SSSR count). The number of hydrogen-bond acceptors (Lipinski definition) is 3. The van der Waals surface area contributed by atoms with Crippen molar-refractivity contribution in [3.8, 4) is 0 Å². The zero-order valence-electron chi connectivity index (χ0n) is 11.4. The second kappa shape index (κ2) is 6.14. The van der Waals surface area contributed by atoms with Crippen molar-refractivity contribution in [1.29, 1.82) is 0 Å². The maximum absolute atomic E-state index is 12.5. The summed E-state index contributed by atoms with van der Waals surface area (Å²) in [5, 5.41) is 0. The van der Waals surface area contributed by atoms with E-state index in [1.807, 2.05) is 0 Å². The molecule has 6 heteroatoms. The fourth-order valence-electron chi connectivity index (χ4n) is 2.57. The molecule has 0 bridgehead atoms. The van der Waals surface area contributed by atoms with Crippen molar-refractivity contribution in [3.63, 3.8) is 0 Å². The van der Waals surface area contributed by atoms with Crippen molar-refractivity contribution in [2.24, 2.45) is 5.92 Å². The van der Waals surface area contributed by atoms with Gasteiger partial charge in [0.25, 0.3) is 15.0 Å². The van der Waals surface area contributed by atoms with Gasteiger partial charge in [0.2, 0.25) is 0 Å². The number of halogens is 1. The van der Waals surface area contributed by atoms with Crippen molar-refractivity contribution in [3.05, 3.63) is 29.8 Å². The van der Waals surface area contributed by atoms with Gasteiger partial charge in [-0.2, -0.15) is 0 Å². The van der Waals surface area contributed by atoms with Gasteiger partial charge in [-0.25, -0.2) is 8.42 Å². The molecule has 1 aliphatic rings. The van der Waals surface area contributed by atoms with Gasteiger partial charge in [0.1, 0.15) is 0 Å². The minimum Gasteiger partial charge on any atom is -0.339 e. The predicted octanol–water partition coefficient (Wildman–Crippen LogP) is 2.88. The van der Waals surface area contributed by atoms with E-state index in [0.29, 0.717) is 19.0 Å². The highest BCUT2D eigenvalue weighted by Crippen LogP contribution is 2.25. The van der Waals surface area contributed by atoms with E-state index in [-0.39, 0.29) is 16.4 Å². The van der Waals surface area contributed by atoms with Gasteiger partial charge in [-0.3, -0.25) is 4.79 Å². The molecule has 1 saturated heterocycles. The second-order valence-electron chi connectivity index (χ2n) is 5.08. The third kappa shape index (κ3) is 3.33. The number of hydrogen-bond donors (Lipinski definition) is 0. The SMILES string of the molecule is CCC1CCN(C(=O)c2ccccc2S(=O)(=O)Cl)CC1. The molecule has 0 N–H and O–H groups in total. The Hall–Kier alpha value is -1.07. The highest BCUT2D eigenvalue weighted by Gasteiger charge is 2.26. The van der Waals surface area contributed by atoms with Crippen LogP contribution in [0.1, 0.15) is 36.5 Å². The lowest BCUT2D eigenvalue weighted by molar-refractivity contribution is 0.0685. The molecule has 0 aliphatic carbocycles. The molecule has 1 aromatic rings. The van der Waals surface area contributed by atoms with Crippen LogP contribution in [-0.4, -0.2) is 32.3 Å². The van der Waals surface area contributed by atoms with Crippen LogP contribution < -0.4 is 0 Å². The Labute approximate surface area is 124 Å². The zero-order chi connectivity index (χ0) is 14.8. The number of benzene rings is 1. The average molecular weight is 316 g/mol. The lowest BCUT2D eigenvalue weighted by atomic mass is 9.94. The van der Waals surface area contributed by atoms with Crippen molar-refractivity contribution in [1.82, 2.24) is 4.90 Å². The second-order valence-corrected chi connectivity index (χ2v) is 7.61. The number of carbonyl (C=O) groups is 1. The van der Waals surface area contributed by atoms with Crippen molar-refractivity contribution in [2.75, 3.05) is 13.1 Å². The van der Waals surface area contributed by atoms with E-state index >= 15 is 0 Å². The molecule has 0 saturated carbocycles. The van der Waals surface area contributed by atoms with Crippen LogP contribution >= 0.6 is 10.7 Å². The number of nitrogens with zero attached hydrogens (tertiary/aromatic N) is 1. The summed E-state index contributed by atoms with van der Waals surface area (Å²) in [6.07, 6.45) is 3.06. The summed E-state index contributed by atoms with van der Waals surface area (Å²) in [7, 11) is 1.49. The summed E-state index contributed by atoms with van der Waals surface area (Å²) in [5.74, 6) is 0.408. The van der Waals surface area contributed by atoms with E-state index in [1.54, 1.807) is 17.0 Å². The summed E-state index contributed by atoms with van der Waals surface area (Å²) in [6, 6.07) is 6.10. The highest BCUT2D eigenvalue weighted by molar-refractivity contribution is 8.13. The van der Waals surface area contributed by atoms with Gasteiger partial charge in [-0.15, -0.1) is 0 Å². The van der Waals surface area contributed by atoms with Gasteiger partial charge in [-0.1, -0.05) is 25.5 Å². The van der Waals surface area contributed by atoms with Gasteiger partial charge < -0.3 is 4.90 Å². The smallest absolute Gasteiger partial charge is 0.262 e. The first-order chi connectivity index (χ1) is 9.43. The van der Waals surface area contributed by atoms with Crippen LogP contribution in [0.15, 0.2) is 29.2 Å². The van der Waals surface area contributed by atoms with E-state index < -0.39 is 9.05 Å². The van der Waals surface area contributed by atoms with Gasteiger partial charge in [0, 0.05) is 23.8 Å². The first-order valence-corrected chi connectivity index (χ1v) is 9.07. The van der Waals surface area contributed by atoms with Gasteiger partial charge in [-0.05, 0) is 30.9 Å². The number of amides is 1. The Morgan fingerprint density at radius 1 is 1.30 bits per heavy atom. The Bertz CT molecular complexity index is 592. The summed E-state index contributed by atoms with van der Waals surface area (Å²) < 4.78 is 23.1. The molecule has 1 amide bonds. The van der Waals surface area contributed by atoms with Gasteiger partial charge >= 0.3 is 0 Å². The van der Waals surface area contributed by atoms with Crippen LogP contribution in [-0.2, 0) is 9.05 Å². The summed E-state index contributed by atoms with van der Waals surface area (Å²) in [5.41, 5.74) is 0.164. The minimum atomic E-state index is -3.91. The molecule has 1 aromatic carbocycles. The number of rotatable bonds is 3. The van der Waals surface area contributed by atoms with Crippen LogP contribution in [0.2, 0.25) is 0 Å². The first-order valence-electron chi connectivity index (χ1n) is 6.76. The summed E-state index contributed by atoms with van der Waals surface area (Å²) >= 11 is 0. The maximum Gasteiger partial charge on any atom is 0.262 e. The van der Waals surface area contributed by atoms with Crippen molar-refractivity contribution in [2.45, 2.75) is 31.1 Å². The van der Waals surface area contributed by atoms with Crippen LogP contribution in [0.4, 0.5) is 0 Å². The summed E-state index contributed by atoms with van der Waals surface area (Å²) in [4.78, 5) is 14.1. The molecule has 0 atom stereocenters. The molecule has 1 aliphatic heterocycles. The molecule has 4 nitrogen and oxygen atoms in total. The molecule has 1 heterocycles. The predicted molar refractivity (Wildman–Crippen MR) is 78.4 cm³/mol. The number of piperidine rings is 1. The van der Waals surface area contributed by atoms with Crippen LogP contribution in [0.3, 0.4) is 0 Å². The third-order valence-electron chi connectivity index (χ3n) is 3.86. The molecule has 0 unspecified atom stereocenters. The fourth-order valence-corrected chi connectivity index (χ4v) is 3.63. The topological polar surface area (TPSA) is 54.5 Å². The Kier molecular flexibility index (Phi) is 4.70. The molecule has 0 radical (unpaired) electrons. The van der Waals surface area contributed by atoms with E-state index in [0.717, 1.165) is 19.3 Å². The van der Waals surface area contributed by atoms with Crippen LogP contribution in [0.25, 0.3) is 0 Å². The zero-order valence-corrected chi connectivity index (χ0v) is 13.0. The van der Waals surface area contributed by atoms with Crippen molar-refractivity contribution >= 4 is 25.6 Å². The highest BCUT2D eigenvalue weighted by atomic mass is 35.7. The first kappa shape index (κ1) is 15.3. The normalized spacial score (nSPS) is 17.2. The monoisotopic (exact) mass is 315 g/mol. The van der Waals surface area contributed by atoms with E-state index in [4.69, 9.17) is 10.7 Å². The van der Waals surface area contributed by atoms with Crippen LogP contribution in [0, 0.1) is 5.92 Å². The van der Waals surface area contributed by atoms with Gasteiger partial charge in [0.05, 0.1) is 10.5 Å². The molecular formula is C14H18ClNO3S. The summed E-state index contributed by atoms with van der Waals surface area (Å²) in [6.45, 7) is 3.50. The molecule has 20 heavy (non-hydrogen) atoms. The maximum atomic E-state index is 12.5. The average Bonchev–Trinajstić information content (AvgIpc) is 2.46. The minimum absolute atomic E-state index is 0.107. The van der Waals surface area contributed by atoms with Crippen LogP contribution in [0.5, 0.6) is 0 Å². The molecule has 110 valence electrons. The molecular weight excluding hydrogens is 298 g/mol. The van der Waals surface area contributed by atoms with E-state index in [2.05, 4.69) is 6.92 Å². The number of likely N-dealkylation sites (tertiary alicyclic amines) is 1. The largest absolute Gasteiger partial charge is 0.339 e. The van der Waals surface area contributed by atoms with E-state index in [9.17, 15) is 13.2 Å². The molecule has 1 fully saturated rings.